The van der Waals surface area contributed by atoms with Gasteiger partial charge in [0.25, 0.3) is 5.56 Å². The molecule has 0 saturated heterocycles. The maximum atomic E-state index is 12.2. The number of imidazole rings is 1. The Kier molecular flexibility index (Phi) is 3.73. The molecular weight excluding hydrogens is 260 g/mol. The van der Waals surface area contributed by atoms with Crippen LogP contribution in [0.1, 0.15) is 0 Å². The van der Waals surface area contributed by atoms with Gasteiger partial charge in [0.2, 0.25) is 0 Å². The molecule has 0 aromatic carbocycles. The monoisotopic (exact) mass is 278 g/mol. The van der Waals surface area contributed by atoms with Crippen LogP contribution in [-0.4, -0.2) is 50.6 Å². The van der Waals surface area contributed by atoms with Crippen molar-refractivity contribution in [2.24, 2.45) is 19.1 Å². The predicted octanol–water partition coefficient (Wildman–Crippen LogP) is -0.976. The highest BCUT2D eigenvalue weighted by atomic mass is 16.2. The van der Waals surface area contributed by atoms with Crippen molar-refractivity contribution in [1.29, 1.82) is 0 Å². The van der Waals surface area contributed by atoms with Crippen molar-refractivity contribution in [3.05, 3.63) is 27.2 Å². The first-order valence-electron chi connectivity index (χ1n) is 6.20. The summed E-state index contributed by atoms with van der Waals surface area (Å²) in [5.74, 6) is 0. The topological polar surface area (TPSA) is 77.4 Å². The Hall–Kier alpha value is -2.38. The number of rotatable bonds is 4. The number of aliphatic imine (C=N–C) groups is 1. The third-order valence-corrected chi connectivity index (χ3v) is 3.00. The third-order valence-electron chi connectivity index (χ3n) is 3.00. The Labute approximate surface area is 115 Å². The summed E-state index contributed by atoms with van der Waals surface area (Å²) in [7, 11) is 6.85. The lowest BCUT2D eigenvalue weighted by Gasteiger charge is -2.06. The van der Waals surface area contributed by atoms with Gasteiger partial charge in [0.05, 0.1) is 19.2 Å². The molecule has 0 bridgehead atoms. The number of hydrogen-bond donors (Lipinski definition) is 0. The predicted molar refractivity (Wildman–Crippen MR) is 77.3 cm³/mol. The van der Waals surface area contributed by atoms with Crippen LogP contribution in [0.5, 0.6) is 0 Å². The molecule has 0 aliphatic heterocycles. The first-order chi connectivity index (χ1) is 9.43. The van der Waals surface area contributed by atoms with E-state index in [9.17, 15) is 9.59 Å². The number of fused-ring (bicyclic) bond motifs is 1. The first-order valence-corrected chi connectivity index (χ1v) is 6.20. The molecule has 2 aromatic heterocycles. The minimum absolute atomic E-state index is 0.336. The third kappa shape index (κ3) is 2.36. The molecule has 0 aliphatic rings. The van der Waals surface area contributed by atoms with Gasteiger partial charge in [0, 0.05) is 34.7 Å². The summed E-state index contributed by atoms with van der Waals surface area (Å²) in [4.78, 5) is 34.2. The van der Waals surface area contributed by atoms with Crippen LogP contribution in [0, 0.1) is 0 Å². The zero-order valence-corrected chi connectivity index (χ0v) is 12.1. The van der Waals surface area contributed by atoms with Crippen LogP contribution in [0.4, 0.5) is 0 Å². The zero-order valence-electron chi connectivity index (χ0n) is 12.1. The minimum atomic E-state index is -0.377. The van der Waals surface area contributed by atoms with Crippen molar-refractivity contribution >= 4 is 17.5 Å². The van der Waals surface area contributed by atoms with Crippen molar-refractivity contribution in [1.82, 2.24) is 23.6 Å². The average Bonchev–Trinajstić information content (AvgIpc) is 2.82. The lowest BCUT2D eigenvalue weighted by atomic mass is 10.5. The van der Waals surface area contributed by atoms with Gasteiger partial charge >= 0.3 is 5.69 Å². The molecule has 0 radical (unpaired) electrons. The Bertz CT molecular complexity index is 765. The van der Waals surface area contributed by atoms with Crippen molar-refractivity contribution < 1.29 is 0 Å². The molecule has 0 N–H and O–H groups in total. The highest BCUT2D eigenvalue weighted by Gasteiger charge is 2.13. The summed E-state index contributed by atoms with van der Waals surface area (Å²) in [5.41, 5.74) is 0.111. The molecule has 0 aliphatic carbocycles. The quantitative estimate of drug-likeness (QED) is 0.532. The van der Waals surface area contributed by atoms with Gasteiger partial charge in [-0.3, -0.25) is 18.9 Å². The molecule has 2 heterocycles. The molecule has 0 spiro atoms. The second-order valence-electron chi connectivity index (χ2n) is 4.80. The molecule has 108 valence electrons. The minimum Gasteiger partial charge on any atom is -0.369 e. The number of hydrogen-bond acceptors (Lipinski definition) is 4. The first kappa shape index (κ1) is 14.0. The molecule has 0 amide bonds. The lowest BCUT2D eigenvalue weighted by molar-refractivity contribution is 0.632. The summed E-state index contributed by atoms with van der Waals surface area (Å²) >= 11 is 0. The molecule has 2 rings (SSSR count). The summed E-state index contributed by atoms with van der Waals surface area (Å²) in [5, 5.41) is 0. The largest absolute Gasteiger partial charge is 0.369 e. The van der Waals surface area contributed by atoms with Crippen LogP contribution in [0.2, 0.25) is 0 Å². The SMILES string of the molecule is CN(C)C=NCCn1cnc2c1c(=O)n(C)c(=O)n2C. The van der Waals surface area contributed by atoms with Gasteiger partial charge in [0.15, 0.2) is 11.2 Å². The fraction of sp³-hybridized carbons (Fsp3) is 0.500. The highest BCUT2D eigenvalue weighted by molar-refractivity contribution is 5.69. The van der Waals surface area contributed by atoms with E-state index < -0.39 is 0 Å². The number of nitrogens with zero attached hydrogens (tertiary/aromatic N) is 6. The van der Waals surface area contributed by atoms with Crippen LogP contribution in [0.3, 0.4) is 0 Å². The summed E-state index contributed by atoms with van der Waals surface area (Å²) in [6, 6.07) is 0. The molecule has 0 saturated carbocycles. The molecule has 20 heavy (non-hydrogen) atoms. The highest BCUT2D eigenvalue weighted by Crippen LogP contribution is 2.04. The Morgan fingerprint density at radius 3 is 2.65 bits per heavy atom. The van der Waals surface area contributed by atoms with E-state index in [-0.39, 0.29) is 11.2 Å². The maximum Gasteiger partial charge on any atom is 0.332 e. The Morgan fingerprint density at radius 2 is 2.00 bits per heavy atom. The molecule has 0 atom stereocenters. The molecule has 2 aromatic rings. The van der Waals surface area contributed by atoms with Crippen LogP contribution in [0.15, 0.2) is 20.9 Å². The number of aromatic nitrogens is 4. The standard InChI is InChI=1S/C12H18N6O2/c1-15(2)7-13-5-6-18-8-14-10-9(18)11(19)17(4)12(20)16(10)3/h7-8H,5-6H2,1-4H3. The van der Waals surface area contributed by atoms with E-state index in [1.54, 1.807) is 24.3 Å². The van der Waals surface area contributed by atoms with E-state index in [1.807, 2.05) is 19.0 Å². The average molecular weight is 278 g/mol. The molecule has 8 nitrogen and oxygen atoms in total. The van der Waals surface area contributed by atoms with Gasteiger partial charge in [-0.1, -0.05) is 0 Å². The lowest BCUT2D eigenvalue weighted by Crippen LogP contribution is -2.37. The second-order valence-corrected chi connectivity index (χ2v) is 4.80. The van der Waals surface area contributed by atoms with E-state index in [0.717, 1.165) is 4.57 Å². The summed E-state index contributed by atoms with van der Waals surface area (Å²) < 4.78 is 4.18. The van der Waals surface area contributed by atoms with E-state index in [2.05, 4.69) is 9.98 Å². The van der Waals surface area contributed by atoms with Crippen molar-refractivity contribution in [2.45, 2.75) is 6.54 Å². The van der Waals surface area contributed by atoms with Crippen LogP contribution in [-0.2, 0) is 20.6 Å². The van der Waals surface area contributed by atoms with E-state index >= 15 is 0 Å². The van der Waals surface area contributed by atoms with Crippen LogP contribution >= 0.6 is 0 Å². The van der Waals surface area contributed by atoms with Gasteiger partial charge < -0.3 is 9.47 Å². The van der Waals surface area contributed by atoms with Gasteiger partial charge in [-0.25, -0.2) is 9.78 Å². The van der Waals surface area contributed by atoms with E-state index in [0.29, 0.717) is 24.3 Å². The van der Waals surface area contributed by atoms with Crippen LogP contribution in [0.25, 0.3) is 11.2 Å². The van der Waals surface area contributed by atoms with Gasteiger partial charge in [-0.2, -0.15) is 0 Å². The van der Waals surface area contributed by atoms with Crippen LogP contribution < -0.4 is 11.2 Å². The molecule has 0 fully saturated rings. The van der Waals surface area contributed by atoms with E-state index in [4.69, 9.17) is 0 Å². The number of aryl methyl sites for hydroxylation is 1. The smallest absolute Gasteiger partial charge is 0.332 e. The maximum absolute atomic E-state index is 12.2. The van der Waals surface area contributed by atoms with E-state index in [1.165, 1.54) is 11.6 Å². The van der Waals surface area contributed by atoms with Crippen molar-refractivity contribution in [3.63, 3.8) is 0 Å². The fourth-order valence-electron chi connectivity index (χ4n) is 1.95. The Balaban J connectivity index is 2.42. The molecule has 0 unspecified atom stereocenters. The molecular formula is C12H18N6O2. The summed E-state index contributed by atoms with van der Waals surface area (Å²) in [6.45, 7) is 1.07. The summed E-state index contributed by atoms with van der Waals surface area (Å²) in [6.07, 6.45) is 3.28. The van der Waals surface area contributed by atoms with Crippen molar-refractivity contribution in [2.75, 3.05) is 20.6 Å². The van der Waals surface area contributed by atoms with Gasteiger partial charge in [-0.15, -0.1) is 0 Å². The second kappa shape index (κ2) is 5.32. The van der Waals surface area contributed by atoms with Crippen molar-refractivity contribution in [3.8, 4) is 0 Å². The fourth-order valence-corrected chi connectivity index (χ4v) is 1.95. The zero-order chi connectivity index (χ0) is 14.9. The molecule has 8 heteroatoms. The Morgan fingerprint density at radius 1 is 1.30 bits per heavy atom. The normalized spacial score (nSPS) is 11.6. The van der Waals surface area contributed by atoms with Gasteiger partial charge in [0.1, 0.15) is 0 Å². The van der Waals surface area contributed by atoms with Gasteiger partial charge in [-0.05, 0) is 0 Å².